The molecule has 8 heteroatoms. The predicted octanol–water partition coefficient (Wildman–Crippen LogP) is 1.37. The molecule has 32 heavy (non-hydrogen) atoms. The van der Waals surface area contributed by atoms with Crippen LogP contribution in [0.3, 0.4) is 0 Å². The summed E-state index contributed by atoms with van der Waals surface area (Å²) >= 11 is 0. The van der Waals surface area contributed by atoms with Crippen molar-refractivity contribution < 1.29 is 14.3 Å². The Labute approximate surface area is 189 Å². The van der Waals surface area contributed by atoms with Crippen LogP contribution in [0.25, 0.3) is 11.3 Å². The maximum absolute atomic E-state index is 12.7. The summed E-state index contributed by atoms with van der Waals surface area (Å²) < 4.78 is 5.38. The van der Waals surface area contributed by atoms with E-state index in [1.54, 1.807) is 6.20 Å². The zero-order valence-corrected chi connectivity index (χ0v) is 18.4. The summed E-state index contributed by atoms with van der Waals surface area (Å²) in [5.74, 6) is 0.702. The third kappa shape index (κ3) is 6.11. The number of benzene rings is 1. The molecule has 1 aromatic carbocycles. The highest BCUT2D eigenvalue weighted by Crippen LogP contribution is 2.18. The van der Waals surface area contributed by atoms with Gasteiger partial charge in [-0.25, -0.2) is 9.97 Å². The van der Waals surface area contributed by atoms with Crippen molar-refractivity contribution in [2.75, 3.05) is 52.5 Å². The first-order chi connectivity index (χ1) is 15.7. The van der Waals surface area contributed by atoms with Crippen molar-refractivity contribution in [3.05, 3.63) is 48.4 Å². The van der Waals surface area contributed by atoms with E-state index in [9.17, 15) is 9.59 Å². The molecule has 1 N–H and O–H groups in total. The van der Waals surface area contributed by atoms with E-state index in [0.717, 1.165) is 44.1 Å². The molecule has 170 valence electrons. The molecular weight excluding hydrogens is 406 g/mol. The Hall–Kier alpha value is -2.84. The summed E-state index contributed by atoms with van der Waals surface area (Å²) in [7, 11) is 0. The zero-order chi connectivity index (χ0) is 22.2. The minimum absolute atomic E-state index is 0.00749. The van der Waals surface area contributed by atoms with E-state index >= 15 is 0 Å². The van der Waals surface area contributed by atoms with Crippen LogP contribution in [0.1, 0.15) is 18.7 Å². The van der Waals surface area contributed by atoms with Crippen molar-refractivity contribution in [2.45, 2.75) is 19.3 Å². The second kappa shape index (κ2) is 11.2. The van der Waals surface area contributed by atoms with Crippen molar-refractivity contribution in [1.29, 1.82) is 0 Å². The van der Waals surface area contributed by atoms with Crippen molar-refractivity contribution in [3.63, 3.8) is 0 Å². The van der Waals surface area contributed by atoms with Crippen LogP contribution in [-0.2, 0) is 20.7 Å². The van der Waals surface area contributed by atoms with Crippen LogP contribution in [0.5, 0.6) is 0 Å². The average Bonchev–Trinajstić information content (AvgIpc) is 2.85. The average molecular weight is 438 g/mol. The molecule has 2 aliphatic rings. The highest BCUT2D eigenvalue weighted by atomic mass is 16.5. The summed E-state index contributed by atoms with van der Waals surface area (Å²) in [6, 6.07) is 11.9. The van der Waals surface area contributed by atoms with Crippen LogP contribution in [0.4, 0.5) is 0 Å². The van der Waals surface area contributed by atoms with Gasteiger partial charge >= 0.3 is 0 Å². The number of rotatable bonds is 8. The molecule has 0 bridgehead atoms. The van der Waals surface area contributed by atoms with Crippen LogP contribution < -0.4 is 5.32 Å². The highest BCUT2D eigenvalue weighted by molar-refractivity contribution is 5.83. The summed E-state index contributed by atoms with van der Waals surface area (Å²) in [5, 5.41) is 3.02. The van der Waals surface area contributed by atoms with Gasteiger partial charge in [-0.1, -0.05) is 30.3 Å². The van der Waals surface area contributed by atoms with Crippen molar-refractivity contribution in [2.24, 2.45) is 5.92 Å². The Balaban J connectivity index is 1.23. The van der Waals surface area contributed by atoms with Gasteiger partial charge in [-0.15, -0.1) is 0 Å². The first-order valence-electron chi connectivity index (χ1n) is 11.4. The van der Waals surface area contributed by atoms with Gasteiger partial charge in [0.15, 0.2) is 0 Å². The molecule has 0 spiro atoms. The number of likely N-dealkylation sites (tertiary alicyclic amines) is 1. The number of morpholine rings is 1. The molecule has 2 fully saturated rings. The molecule has 0 saturated carbocycles. The van der Waals surface area contributed by atoms with Gasteiger partial charge in [-0.05, 0) is 12.5 Å². The standard InChI is InChI=1S/C24H31N5O3/c30-23-7-6-20(18-29(23)13-12-28-14-16-32-17-15-28)24(31)26-11-9-22-25-10-8-21(27-22)19-4-2-1-3-5-19/h1-5,8,10,20H,6-7,9,11-18H2,(H,26,31). The van der Waals surface area contributed by atoms with Crippen molar-refractivity contribution in [1.82, 2.24) is 25.1 Å². The number of amides is 2. The molecule has 1 atom stereocenters. The van der Waals surface area contributed by atoms with Gasteiger partial charge in [-0.3, -0.25) is 14.5 Å². The molecule has 2 amide bonds. The lowest BCUT2D eigenvalue weighted by molar-refractivity contribution is -0.138. The molecule has 8 nitrogen and oxygen atoms in total. The maximum Gasteiger partial charge on any atom is 0.224 e. The van der Waals surface area contributed by atoms with Crippen LogP contribution in [0, 0.1) is 5.92 Å². The van der Waals surface area contributed by atoms with E-state index in [1.807, 2.05) is 41.3 Å². The number of piperidine rings is 1. The van der Waals surface area contributed by atoms with Crippen LogP contribution in [0.15, 0.2) is 42.6 Å². The number of carbonyl (C=O) groups excluding carboxylic acids is 2. The number of hydrogen-bond donors (Lipinski definition) is 1. The molecule has 1 aromatic heterocycles. The van der Waals surface area contributed by atoms with Gasteiger partial charge in [-0.2, -0.15) is 0 Å². The lowest BCUT2D eigenvalue weighted by Crippen LogP contribution is -2.49. The Kier molecular flexibility index (Phi) is 7.79. The van der Waals surface area contributed by atoms with E-state index < -0.39 is 0 Å². The highest BCUT2D eigenvalue weighted by Gasteiger charge is 2.30. The summed E-state index contributed by atoms with van der Waals surface area (Å²) in [6.07, 6.45) is 3.37. The van der Waals surface area contributed by atoms with Crippen molar-refractivity contribution in [3.8, 4) is 11.3 Å². The monoisotopic (exact) mass is 437 g/mol. The van der Waals surface area contributed by atoms with Gasteiger partial charge in [0.1, 0.15) is 5.82 Å². The molecule has 2 aliphatic heterocycles. The van der Waals surface area contributed by atoms with Crippen LogP contribution >= 0.6 is 0 Å². The molecule has 2 aromatic rings. The van der Waals surface area contributed by atoms with Gasteiger partial charge in [0, 0.05) is 63.9 Å². The number of aromatic nitrogens is 2. The second-order valence-corrected chi connectivity index (χ2v) is 8.29. The number of hydrogen-bond acceptors (Lipinski definition) is 6. The predicted molar refractivity (Wildman–Crippen MR) is 121 cm³/mol. The number of nitrogens with one attached hydrogen (secondary N) is 1. The van der Waals surface area contributed by atoms with E-state index in [2.05, 4.69) is 20.2 Å². The minimum Gasteiger partial charge on any atom is -0.379 e. The Morgan fingerprint density at radius 3 is 2.75 bits per heavy atom. The minimum atomic E-state index is -0.158. The summed E-state index contributed by atoms with van der Waals surface area (Å²) in [5.41, 5.74) is 1.92. The van der Waals surface area contributed by atoms with Crippen LogP contribution in [0.2, 0.25) is 0 Å². The largest absolute Gasteiger partial charge is 0.379 e. The molecule has 1 unspecified atom stereocenters. The fraction of sp³-hybridized carbons (Fsp3) is 0.500. The SMILES string of the molecule is O=C(NCCc1nccc(-c2ccccc2)n1)C1CCC(=O)N(CCN2CCOCC2)C1. The van der Waals surface area contributed by atoms with Crippen molar-refractivity contribution >= 4 is 11.8 Å². The number of carbonyl (C=O) groups is 2. The van der Waals surface area contributed by atoms with Gasteiger partial charge < -0.3 is 15.0 Å². The second-order valence-electron chi connectivity index (χ2n) is 8.29. The zero-order valence-electron chi connectivity index (χ0n) is 18.4. The van der Waals surface area contributed by atoms with Gasteiger partial charge in [0.05, 0.1) is 24.8 Å². The summed E-state index contributed by atoms with van der Waals surface area (Å²) in [6.45, 7) is 5.78. The maximum atomic E-state index is 12.7. The lowest BCUT2D eigenvalue weighted by Gasteiger charge is -2.34. The Bertz CT molecular complexity index is 902. The Morgan fingerprint density at radius 2 is 1.94 bits per heavy atom. The number of nitrogens with zero attached hydrogens (tertiary/aromatic N) is 4. The van der Waals surface area contributed by atoms with E-state index in [4.69, 9.17) is 4.74 Å². The van der Waals surface area contributed by atoms with E-state index in [-0.39, 0.29) is 17.7 Å². The molecule has 2 saturated heterocycles. The smallest absolute Gasteiger partial charge is 0.224 e. The topological polar surface area (TPSA) is 87.7 Å². The molecule has 0 aliphatic carbocycles. The molecule has 3 heterocycles. The quantitative estimate of drug-likeness (QED) is 0.671. The van der Waals surface area contributed by atoms with Gasteiger partial charge in [0.2, 0.25) is 11.8 Å². The van der Waals surface area contributed by atoms with Gasteiger partial charge in [0.25, 0.3) is 0 Å². The normalized spacial score (nSPS) is 19.7. The van der Waals surface area contributed by atoms with Crippen LogP contribution in [-0.4, -0.2) is 84.1 Å². The third-order valence-corrected chi connectivity index (χ3v) is 6.08. The first kappa shape index (κ1) is 22.4. The lowest BCUT2D eigenvalue weighted by atomic mass is 9.96. The molecular formula is C24H31N5O3. The first-order valence-corrected chi connectivity index (χ1v) is 11.4. The molecule has 4 rings (SSSR count). The fourth-order valence-corrected chi connectivity index (χ4v) is 4.16. The molecule has 0 radical (unpaired) electrons. The fourth-order valence-electron chi connectivity index (χ4n) is 4.16. The van der Waals surface area contributed by atoms with E-state index in [1.165, 1.54) is 0 Å². The number of ether oxygens (including phenoxy) is 1. The Morgan fingerprint density at radius 1 is 1.12 bits per heavy atom. The van der Waals surface area contributed by atoms with E-state index in [0.29, 0.717) is 44.7 Å². The third-order valence-electron chi connectivity index (χ3n) is 6.08. The summed E-state index contributed by atoms with van der Waals surface area (Å²) in [4.78, 5) is 38.1.